The number of hydrogen-bond acceptors (Lipinski definition) is 1. The fourth-order valence-electron chi connectivity index (χ4n) is 2.03. The fraction of sp³-hybridized carbons (Fsp3) is 0.333. The highest BCUT2D eigenvalue weighted by Crippen LogP contribution is 2.41. The molecule has 2 heteroatoms. The fourth-order valence-corrected chi connectivity index (χ4v) is 2.03. The molecule has 1 atom stereocenters. The van der Waals surface area contributed by atoms with Crippen molar-refractivity contribution in [1.82, 2.24) is 4.57 Å². The minimum absolute atomic E-state index is 0.0269. The molecule has 1 aromatic heterocycles. The Labute approximate surface area is 83.1 Å². The van der Waals surface area contributed by atoms with E-state index in [4.69, 9.17) is 4.74 Å². The van der Waals surface area contributed by atoms with E-state index >= 15 is 0 Å². The molecule has 0 radical (unpaired) electrons. The molecule has 1 aromatic carbocycles. The molecular weight excluding hydrogens is 174 g/mol. The lowest BCUT2D eigenvalue weighted by atomic mass is 9.98. The number of epoxide rings is 1. The number of aromatic nitrogens is 1. The Morgan fingerprint density at radius 2 is 2.14 bits per heavy atom. The van der Waals surface area contributed by atoms with Crippen molar-refractivity contribution in [1.29, 1.82) is 0 Å². The predicted octanol–water partition coefficient (Wildman–Crippen LogP) is 2.42. The van der Waals surface area contributed by atoms with E-state index in [0.717, 1.165) is 6.61 Å². The van der Waals surface area contributed by atoms with E-state index in [1.807, 2.05) is 0 Å². The van der Waals surface area contributed by atoms with Gasteiger partial charge in [0.25, 0.3) is 0 Å². The maximum atomic E-state index is 5.49. The van der Waals surface area contributed by atoms with E-state index in [1.165, 1.54) is 16.5 Å². The number of fused-ring (bicyclic) bond motifs is 1. The van der Waals surface area contributed by atoms with Gasteiger partial charge in [-0.3, -0.25) is 0 Å². The predicted molar refractivity (Wildman–Crippen MR) is 56.2 cm³/mol. The van der Waals surface area contributed by atoms with Crippen LogP contribution in [0.25, 0.3) is 10.9 Å². The third-order valence-corrected chi connectivity index (χ3v) is 3.08. The Morgan fingerprint density at radius 3 is 2.86 bits per heavy atom. The number of aryl methyl sites for hydroxylation is 1. The van der Waals surface area contributed by atoms with Crippen molar-refractivity contribution in [2.45, 2.75) is 12.5 Å². The van der Waals surface area contributed by atoms with Crippen molar-refractivity contribution < 1.29 is 4.74 Å². The average Bonchev–Trinajstić information content (AvgIpc) is 2.83. The summed E-state index contributed by atoms with van der Waals surface area (Å²) >= 11 is 0. The van der Waals surface area contributed by atoms with Crippen LogP contribution in [-0.2, 0) is 17.4 Å². The second-order valence-electron chi connectivity index (χ2n) is 4.18. The number of nitrogens with zero attached hydrogens (tertiary/aromatic N) is 1. The summed E-state index contributed by atoms with van der Waals surface area (Å²) in [6.45, 7) is 3.00. The molecule has 0 bridgehead atoms. The van der Waals surface area contributed by atoms with Crippen molar-refractivity contribution in [3.63, 3.8) is 0 Å². The van der Waals surface area contributed by atoms with Gasteiger partial charge in [0.05, 0.1) is 6.61 Å². The Hall–Kier alpha value is -1.28. The number of ether oxygens (including phenoxy) is 1. The SMILES string of the molecule is Cn1ccc2c(C3(C)CO3)cccc21. The van der Waals surface area contributed by atoms with Crippen LogP contribution in [0.3, 0.4) is 0 Å². The van der Waals surface area contributed by atoms with Crippen molar-refractivity contribution in [2.75, 3.05) is 6.61 Å². The zero-order valence-corrected chi connectivity index (χ0v) is 8.45. The topological polar surface area (TPSA) is 17.5 Å². The quantitative estimate of drug-likeness (QED) is 0.627. The van der Waals surface area contributed by atoms with Gasteiger partial charge in [-0.25, -0.2) is 0 Å². The molecule has 72 valence electrons. The first-order chi connectivity index (χ1) is 6.71. The largest absolute Gasteiger partial charge is 0.365 e. The average molecular weight is 187 g/mol. The smallest absolute Gasteiger partial charge is 0.114 e. The molecule has 3 rings (SSSR count). The van der Waals surface area contributed by atoms with E-state index in [9.17, 15) is 0 Å². The molecule has 0 saturated carbocycles. The molecule has 14 heavy (non-hydrogen) atoms. The number of benzene rings is 1. The normalized spacial score (nSPS) is 25.6. The summed E-state index contributed by atoms with van der Waals surface area (Å²) in [5.41, 5.74) is 2.57. The van der Waals surface area contributed by atoms with Crippen molar-refractivity contribution in [2.24, 2.45) is 7.05 Å². The summed E-state index contributed by atoms with van der Waals surface area (Å²) in [6, 6.07) is 8.57. The summed E-state index contributed by atoms with van der Waals surface area (Å²) in [4.78, 5) is 0. The number of rotatable bonds is 1. The molecule has 2 heterocycles. The lowest BCUT2D eigenvalue weighted by molar-refractivity contribution is 0.331. The van der Waals surface area contributed by atoms with Gasteiger partial charge in [0.15, 0.2) is 0 Å². The van der Waals surface area contributed by atoms with Gasteiger partial charge >= 0.3 is 0 Å². The molecule has 1 fully saturated rings. The van der Waals surface area contributed by atoms with E-state index in [1.54, 1.807) is 0 Å². The van der Waals surface area contributed by atoms with Crippen molar-refractivity contribution >= 4 is 10.9 Å². The van der Waals surface area contributed by atoms with Crippen LogP contribution in [0.15, 0.2) is 30.5 Å². The number of hydrogen-bond donors (Lipinski definition) is 0. The summed E-state index contributed by atoms with van der Waals surface area (Å²) in [5.74, 6) is 0. The summed E-state index contributed by atoms with van der Waals surface area (Å²) < 4.78 is 7.63. The first kappa shape index (κ1) is 8.06. The Balaban J connectivity index is 2.34. The second-order valence-corrected chi connectivity index (χ2v) is 4.18. The Kier molecular flexibility index (Phi) is 1.38. The van der Waals surface area contributed by atoms with Crippen LogP contribution in [0.1, 0.15) is 12.5 Å². The monoisotopic (exact) mass is 187 g/mol. The maximum absolute atomic E-state index is 5.49. The summed E-state index contributed by atoms with van der Waals surface area (Å²) in [5, 5.41) is 1.31. The van der Waals surface area contributed by atoms with Crippen LogP contribution < -0.4 is 0 Å². The molecule has 2 aromatic rings. The third-order valence-electron chi connectivity index (χ3n) is 3.08. The lowest BCUT2D eigenvalue weighted by Crippen LogP contribution is -2.02. The molecule has 0 spiro atoms. The van der Waals surface area contributed by atoms with E-state index in [-0.39, 0.29) is 5.60 Å². The van der Waals surface area contributed by atoms with E-state index < -0.39 is 0 Å². The summed E-state index contributed by atoms with van der Waals surface area (Å²) in [7, 11) is 2.07. The van der Waals surface area contributed by atoms with Gasteiger partial charge in [0.1, 0.15) is 5.60 Å². The Bertz CT molecular complexity index is 494. The van der Waals surface area contributed by atoms with Crippen LogP contribution in [0, 0.1) is 0 Å². The second kappa shape index (κ2) is 2.39. The van der Waals surface area contributed by atoms with Crippen LogP contribution in [0.4, 0.5) is 0 Å². The molecule has 0 aliphatic carbocycles. The highest BCUT2D eigenvalue weighted by Gasteiger charge is 2.42. The van der Waals surface area contributed by atoms with Gasteiger partial charge in [-0.05, 0) is 24.6 Å². The molecule has 1 unspecified atom stereocenters. The minimum Gasteiger partial charge on any atom is -0.365 e. The van der Waals surface area contributed by atoms with Gasteiger partial charge in [-0.2, -0.15) is 0 Å². The van der Waals surface area contributed by atoms with E-state index in [2.05, 4.69) is 49.0 Å². The lowest BCUT2D eigenvalue weighted by Gasteiger charge is -2.07. The minimum atomic E-state index is -0.0269. The van der Waals surface area contributed by atoms with E-state index in [0.29, 0.717) is 0 Å². The molecule has 2 nitrogen and oxygen atoms in total. The first-order valence-electron chi connectivity index (χ1n) is 4.89. The highest BCUT2D eigenvalue weighted by atomic mass is 16.6. The van der Waals surface area contributed by atoms with Crippen LogP contribution in [0.5, 0.6) is 0 Å². The van der Waals surface area contributed by atoms with Crippen LogP contribution in [0.2, 0.25) is 0 Å². The molecular formula is C12H13NO. The van der Waals surface area contributed by atoms with Crippen LogP contribution >= 0.6 is 0 Å². The summed E-state index contributed by atoms with van der Waals surface area (Å²) in [6.07, 6.45) is 2.10. The van der Waals surface area contributed by atoms with Crippen molar-refractivity contribution in [3.05, 3.63) is 36.0 Å². The molecule has 0 N–H and O–H groups in total. The Morgan fingerprint density at radius 1 is 1.36 bits per heavy atom. The molecule has 1 aliphatic rings. The first-order valence-corrected chi connectivity index (χ1v) is 4.89. The van der Waals surface area contributed by atoms with Gasteiger partial charge in [-0.1, -0.05) is 12.1 Å². The maximum Gasteiger partial charge on any atom is 0.114 e. The van der Waals surface area contributed by atoms with Gasteiger partial charge < -0.3 is 9.30 Å². The highest BCUT2D eigenvalue weighted by molar-refractivity contribution is 5.84. The van der Waals surface area contributed by atoms with Gasteiger partial charge in [0, 0.05) is 24.1 Å². The zero-order chi connectivity index (χ0) is 9.76. The molecule has 1 saturated heterocycles. The van der Waals surface area contributed by atoms with Crippen molar-refractivity contribution in [3.8, 4) is 0 Å². The molecule has 0 amide bonds. The third kappa shape index (κ3) is 0.946. The molecule has 1 aliphatic heterocycles. The van der Waals surface area contributed by atoms with Gasteiger partial charge in [0.2, 0.25) is 0 Å². The van der Waals surface area contributed by atoms with Gasteiger partial charge in [-0.15, -0.1) is 0 Å². The zero-order valence-electron chi connectivity index (χ0n) is 8.45. The van der Waals surface area contributed by atoms with Crippen LogP contribution in [-0.4, -0.2) is 11.2 Å². The standard InChI is InChI=1S/C12H13NO/c1-12(8-14-12)10-4-3-5-11-9(10)6-7-13(11)2/h3-7H,8H2,1-2H3.